The molecule has 0 aliphatic heterocycles. The maximum Gasteiger partial charge on any atom is 0.312 e. The molecule has 5 nitrogen and oxygen atoms in total. The van der Waals surface area contributed by atoms with Crippen LogP contribution in [0.3, 0.4) is 0 Å². The van der Waals surface area contributed by atoms with Crippen molar-refractivity contribution in [1.82, 2.24) is 5.32 Å². The molecule has 0 aromatic heterocycles. The Labute approximate surface area is 65.6 Å². The Morgan fingerprint density at radius 1 is 1.45 bits per heavy atom. The first-order chi connectivity index (χ1) is 4.95. The molecule has 0 aromatic rings. The van der Waals surface area contributed by atoms with Gasteiger partial charge in [0.05, 0.1) is 6.04 Å². The van der Waals surface area contributed by atoms with Crippen LogP contribution in [0.5, 0.6) is 0 Å². The van der Waals surface area contributed by atoms with E-state index < -0.39 is 12.1 Å². The first kappa shape index (κ1) is 9.74. The Morgan fingerprint density at radius 2 is 1.91 bits per heavy atom. The predicted molar refractivity (Wildman–Crippen MR) is 43.3 cm³/mol. The van der Waals surface area contributed by atoms with Gasteiger partial charge >= 0.3 is 6.03 Å². The first-order valence-corrected chi connectivity index (χ1v) is 3.35. The molecule has 0 fully saturated rings. The molecule has 64 valence electrons. The van der Waals surface area contributed by atoms with E-state index in [4.69, 9.17) is 16.9 Å². The van der Waals surface area contributed by atoms with Gasteiger partial charge in [0.15, 0.2) is 0 Å². The van der Waals surface area contributed by atoms with Gasteiger partial charge in [0, 0.05) is 0 Å². The Morgan fingerprint density at radius 3 is 2.00 bits per heavy atom. The largest absolute Gasteiger partial charge is 0.386 e. The molecule has 0 aromatic carbocycles. The number of hydrogen-bond acceptors (Lipinski definition) is 2. The fourth-order valence-electron chi connectivity index (χ4n) is 0.757. The summed E-state index contributed by atoms with van der Waals surface area (Å²) in [6.45, 7) is 3.70. The van der Waals surface area contributed by atoms with Crippen LogP contribution in [0.1, 0.15) is 13.8 Å². The maximum atomic E-state index is 10.4. The summed E-state index contributed by atoms with van der Waals surface area (Å²) in [5, 5.41) is 9.45. The number of primary amides is 1. The minimum Gasteiger partial charge on any atom is -0.386 e. The second-order valence-electron chi connectivity index (χ2n) is 2.69. The van der Waals surface area contributed by atoms with Gasteiger partial charge in [-0.1, -0.05) is 13.8 Å². The zero-order chi connectivity index (χ0) is 9.02. The maximum absolute atomic E-state index is 10.4. The van der Waals surface area contributed by atoms with E-state index in [9.17, 15) is 4.79 Å². The summed E-state index contributed by atoms with van der Waals surface area (Å²) >= 11 is 0. The smallest absolute Gasteiger partial charge is 0.312 e. The van der Waals surface area contributed by atoms with Crippen molar-refractivity contribution in [1.29, 1.82) is 5.41 Å². The van der Waals surface area contributed by atoms with Crippen molar-refractivity contribution in [2.75, 3.05) is 0 Å². The van der Waals surface area contributed by atoms with Crippen molar-refractivity contribution in [3.63, 3.8) is 0 Å². The second kappa shape index (κ2) is 3.80. The zero-order valence-corrected chi connectivity index (χ0v) is 6.72. The average molecular weight is 158 g/mol. The first-order valence-electron chi connectivity index (χ1n) is 3.35. The summed E-state index contributed by atoms with van der Waals surface area (Å²) in [5.74, 6) is 0.0128. The molecule has 0 saturated heterocycles. The summed E-state index contributed by atoms with van der Waals surface area (Å²) in [7, 11) is 0. The number of nitrogens with one attached hydrogen (secondary N) is 2. The predicted octanol–water partition coefficient (Wildman–Crippen LogP) is -0.385. The normalized spacial score (nSPS) is 12.6. The van der Waals surface area contributed by atoms with Crippen LogP contribution < -0.4 is 16.8 Å². The van der Waals surface area contributed by atoms with Crippen LogP contribution in [0.25, 0.3) is 0 Å². The lowest BCUT2D eigenvalue weighted by Gasteiger charge is -2.19. The van der Waals surface area contributed by atoms with Crippen LogP contribution >= 0.6 is 0 Å². The van der Waals surface area contributed by atoms with E-state index in [0.717, 1.165) is 0 Å². The van der Waals surface area contributed by atoms with Crippen molar-refractivity contribution in [3.05, 3.63) is 0 Å². The van der Waals surface area contributed by atoms with Crippen molar-refractivity contribution in [2.24, 2.45) is 17.4 Å². The van der Waals surface area contributed by atoms with Gasteiger partial charge in [-0.15, -0.1) is 0 Å². The van der Waals surface area contributed by atoms with Gasteiger partial charge in [0.2, 0.25) is 0 Å². The van der Waals surface area contributed by atoms with Gasteiger partial charge < -0.3 is 16.8 Å². The summed E-state index contributed by atoms with van der Waals surface area (Å²) in [6.07, 6.45) is 0. The van der Waals surface area contributed by atoms with Crippen molar-refractivity contribution in [2.45, 2.75) is 19.9 Å². The molecule has 2 amide bonds. The number of hydrogen-bond donors (Lipinski definition) is 4. The van der Waals surface area contributed by atoms with E-state index in [0.29, 0.717) is 0 Å². The monoisotopic (exact) mass is 158 g/mol. The molecule has 1 atom stereocenters. The topological polar surface area (TPSA) is 105 Å². The van der Waals surface area contributed by atoms with Crippen molar-refractivity contribution >= 4 is 11.9 Å². The lowest BCUT2D eigenvalue weighted by atomic mass is 10.0. The molecule has 0 aliphatic rings. The lowest BCUT2D eigenvalue weighted by Crippen LogP contribution is -2.49. The van der Waals surface area contributed by atoms with Gasteiger partial charge in [-0.3, -0.25) is 5.41 Å². The Bertz CT molecular complexity index is 166. The standard InChI is InChI=1S/C6H14N4O/c1-3(2)4(5(7)8)10-6(9)11/h3-4H,1-2H3,(H3,7,8)(H3,9,10,11). The molecular formula is C6H14N4O. The van der Waals surface area contributed by atoms with Crippen molar-refractivity contribution in [3.8, 4) is 0 Å². The summed E-state index contributed by atoms with van der Waals surface area (Å²) in [5.41, 5.74) is 10.1. The summed E-state index contributed by atoms with van der Waals surface area (Å²) < 4.78 is 0. The molecule has 0 spiro atoms. The van der Waals surface area contributed by atoms with Crippen molar-refractivity contribution < 1.29 is 4.79 Å². The van der Waals surface area contributed by atoms with E-state index in [2.05, 4.69) is 5.32 Å². The lowest BCUT2D eigenvalue weighted by molar-refractivity contribution is 0.245. The minimum absolute atomic E-state index is 0.0706. The average Bonchev–Trinajstić information content (AvgIpc) is 1.81. The Hall–Kier alpha value is -1.26. The van der Waals surface area contributed by atoms with E-state index >= 15 is 0 Å². The van der Waals surface area contributed by atoms with Gasteiger partial charge in [-0.25, -0.2) is 4.79 Å². The molecule has 6 N–H and O–H groups in total. The number of amides is 2. The molecule has 0 bridgehead atoms. The van der Waals surface area contributed by atoms with Gasteiger partial charge in [0.25, 0.3) is 0 Å². The van der Waals surface area contributed by atoms with Gasteiger partial charge in [-0.2, -0.15) is 0 Å². The minimum atomic E-state index is -0.654. The molecule has 1 unspecified atom stereocenters. The SMILES string of the molecule is CC(C)C(NC(N)=O)C(=N)N. The van der Waals surface area contributed by atoms with Crippen LogP contribution in [-0.4, -0.2) is 17.9 Å². The van der Waals surface area contributed by atoms with E-state index in [1.807, 2.05) is 13.8 Å². The number of urea groups is 1. The second-order valence-corrected chi connectivity index (χ2v) is 2.69. The molecule has 5 heteroatoms. The van der Waals surface area contributed by atoms with Crippen LogP contribution in [0, 0.1) is 11.3 Å². The molecule has 11 heavy (non-hydrogen) atoms. The number of nitrogens with two attached hydrogens (primary N) is 2. The highest BCUT2D eigenvalue weighted by Crippen LogP contribution is 1.99. The molecule has 0 radical (unpaired) electrons. The molecule has 0 heterocycles. The summed E-state index contributed by atoms with van der Waals surface area (Å²) in [6, 6.07) is -1.11. The van der Waals surface area contributed by atoms with E-state index in [-0.39, 0.29) is 11.8 Å². The van der Waals surface area contributed by atoms with Gasteiger partial charge in [-0.05, 0) is 5.92 Å². The zero-order valence-electron chi connectivity index (χ0n) is 6.72. The van der Waals surface area contributed by atoms with E-state index in [1.54, 1.807) is 0 Å². The van der Waals surface area contributed by atoms with Crippen LogP contribution in [0.15, 0.2) is 0 Å². The number of amidine groups is 1. The third-order valence-electron chi connectivity index (χ3n) is 1.30. The van der Waals surface area contributed by atoms with Crippen LogP contribution in [-0.2, 0) is 0 Å². The van der Waals surface area contributed by atoms with Gasteiger partial charge in [0.1, 0.15) is 5.84 Å². The fraction of sp³-hybridized carbons (Fsp3) is 0.667. The highest BCUT2D eigenvalue weighted by atomic mass is 16.2. The molecule has 0 saturated carbocycles. The summed E-state index contributed by atoms with van der Waals surface area (Å²) in [4.78, 5) is 10.4. The van der Waals surface area contributed by atoms with E-state index in [1.165, 1.54) is 0 Å². The van der Waals surface area contributed by atoms with Crippen LogP contribution in [0.4, 0.5) is 4.79 Å². The highest BCUT2D eigenvalue weighted by molar-refractivity contribution is 5.87. The number of carbonyl (C=O) groups excluding carboxylic acids is 1. The third-order valence-corrected chi connectivity index (χ3v) is 1.30. The number of rotatable bonds is 3. The Balaban J connectivity index is 4.12. The van der Waals surface area contributed by atoms with Crippen LogP contribution in [0.2, 0.25) is 0 Å². The molecule has 0 rings (SSSR count). The fourth-order valence-corrected chi connectivity index (χ4v) is 0.757. The highest BCUT2D eigenvalue weighted by Gasteiger charge is 2.16. The third kappa shape index (κ3) is 3.44. The quantitative estimate of drug-likeness (QED) is 0.332. The molecular weight excluding hydrogens is 144 g/mol. The molecule has 0 aliphatic carbocycles. The number of carbonyl (C=O) groups is 1. The Kier molecular flexibility index (Phi) is 3.36.